The third-order valence-corrected chi connectivity index (χ3v) is 3.48. The first-order valence-corrected chi connectivity index (χ1v) is 6.80. The van der Waals surface area contributed by atoms with E-state index < -0.39 is 0 Å². The van der Waals surface area contributed by atoms with Gasteiger partial charge in [-0.15, -0.1) is 0 Å². The molecule has 0 radical (unpaired) electrons. The van der Waals surface area contributed by atoms with E-state index in [1.807, 2.05) is 30.0 Å². The van der Waals surface area contributed by atoms with Crippen LogP contribution in [0.5, 0.6) is 0 Å². The minimum atomic E-state index is -0.316. The molecular formula is C14H15BrFN3. The van der Waals surface area contributed by atoms with Crippen molar-refractivity contribution in [3.63, 3.8) is 0 Å². The number of nitrogens with zero attached hydrogens (tertiary/aromatic N) is 2. The summed E-state index contributed by atoms with van der Waals surface area (Å²) in [6, 6.07) is 8.78. The predicted molar refractivity (Wildman–Crippen MR) is 79.5 cm³/mol. The fourth-order valence-corrected chi connectivity index (χ4v) is 2.24. The van der Waals surface area contributed by atoms with E-state index in [1.54, 1.807) is 12.3 Å². The van der Waals surface area contributed by atoms with Crippen LogP contribution in [0.1, 0.15) is 12.6 Å². The first kappa shape index (κ1) is 13.8. The fraction of sp³-hybridized carbons (Fsp3) is 0.214. The van der Waals surface area contributed by atoms with Crippen molar-refractivity contribution < 1.29 is 4.39 Å². The lowest BCUT2D eigenvalue weighted by Crippen LogP contribution is -2.23. The monoisotopic (exact) mass is 323 g/mol. The molecular weight excluding hydrogens is 309 g/mol. The van der Waals surface area contributed by atoms with Crippen LogP contribution in [0, 0.1) is 5.82 Å². The lowest BCUT2D eigenvalue weighted by molar-refractivity contribution is 0.620. The van der Waals surface area contributed by atoms with Gasteiger partial charge < -0.3 is 10.6 Å². The van der Waals surface area contributed by atoms with Crippen molar-refractivity contribution in [2.45, 2.75) is 13.5 Å². The SMILES string of the molecule is CCN(Cc1ccccn1)c1cc(F)c(Br)cc1N. The summed E-state index contributed by atoms with van der Waals surface area (Å²) < 4.78 is 14.0. The Labute approximate surface area is 120 Å². The molecule has 5 heteroatoms. The van der Waals surface area contributed by atoms with Gasteiger partial charge >= 0.3 is 0 Å². The molecule has 0 spiro atoms. The molecule has 3 nitrogen and oxygen atoms in total. The molecule has 0 saturated heterocycles. The Hall–Kier alpha value is -1.62. The van der Waals surface area contributed by atoms with E-state index in [0.29, 0.717) is 22.4 Å². The number of halogens is 2. The van der Waals surface area contributed by atoms with E-state index in [0.717, 1.165) is 12.2 Å². The highest BCUT2D eigenvalue weighted by Gasteiger charge is 2.12. The summed E-state index contributed by atoms with van der Waals surface area (Å²) in [6.07, 6.45) is 1.74. The summed E-state index contributed by atoms with van der Waals surface area (Å²) in [5.41, 5.74) is 8.12. The molecule has 2 aromatic rings. The Bertz CT molecular complexity index is 560. The van der Waals surface area contributed by atoms with Crippen LogP contribution >= 0.6 is 15.9 Å². The molecule has 0 bridgehead atoms. The Morgan fingerprint density at radius 3 is 2.79 bits per heavy atom. The van der Waals surface area contributed by atoms with Gasteiger partial charge in [-0.05, 0) is 41.1 Å². The second kappa shape index (κ2) is 6.02. The molecule has 0 amide bonds. The van der Waals surface area contributed by atoms with Gasteiger partial charge in [0.25, 0.3) is 0 Å². The summed E-state index contributed by atoms with van der Waals surface area (Å²) >= 11 is 3.13. The second-order valence-corrected chi connectivity index (χ2v) is 5.01. The number of nitrogen functional groups attached to an aromatic ring is 1. The predicted octanol–water partition coefficient (Wildman–Crippen LogP) is 3.59. The summed E-state index contributed by atoms with van der Waals surface area (Å²) in [6.45, 7) is 3.33. The summed E-state index contributed by atoms with van der Waals surface area (Å²) in [5, 5.41) is 0. The second-order valence-electron chi connectivity index (χ2n) is 4.16. The van der Waals surface area contributed by atoms with Crippen LogP contribution < -0.4 is 10.6 Å². The van der Waals surface area contributed by atoms with Crippen molar-refractivity contribution in [1.29, 1.82) is 0 Å². The first-order chi connectivity index (χ1) is 9.11. The van der Waals surface area contributed by atoms with Gasteiger partial charge in [-0.2, -0.15) is 0 Å². The van der Waals surface area contributed by atoms with E-state index in [2.05, 4.69) is 20.9 Å². The lowest BCUT2D eigenvalue weighted by Gasteiger charge is -2.24. The highest BCUT2D eigenvalue weighted by atomic mass is 79.9. The van der Waals surface area contributed by atoms with E-state index in [4.69, 9.17) is 5.73 Å². The van der Waals surface area contributed by atoms with Gasteiger partial charge in [0, 0.05) is 18.8 Å². The molecule has 0 unspecified atom stereocenters. The van der Waals surface area contributed by atoms with Crippen LogP contribution in [0.25, 0.3) is 0 Å². The van der Waals surface area contributed by atoms with Gasteiger partial charge in [0.2, 0.25) is 0 Å². The van der Waals surface area contributed by atoms with Gasteiger partial charge in [0.1, 0.15) is 5.82 Å². The lowest BCUT2D eigenvalue weighted by atomic mass is 10.2. The van der Waals surface area contributed by atoms with Crippen molar-refractivity contribution in [2.24, 2.45) is 0 Å². The summed E-state index contributed by atoms with van der Waals surface area (Å²) in [7, 11) is 0. The smallest absolute Gasteiger partial charge is 0.139 e. The standard InChI is InChI=1S/C14H15BrFN3/c1-2-19(9-10-5-3-4-6-18-10)14-8-12(16)11(15)7-13(14)17/h3-8H,2,9,17H2,1H3. The first-order valence-electron chi connectivity index (χ1n) is 6.01. The molecule has 0 aliphatic rings. The fourth-order valence-electron chi connectivity index (χ4n) is 1.88. The van der Waals surface area contributed by atoms with Crippen LogP contribution in [-0.4, -0.2) is 11.5 Å². The number of aromatic nitrogens is 1. The molecule has 0 aliphatic carbocycles. The van der Waals surface area contributed by atoms with Crippen LogP contribution in [0.4, 0.5) is 15.8 Å². The molecule has 1 heterocycles. The number of hydrogen-bond donors (Lipinski definition) is 1. The van der Waals surface area contributed by atoms with Crippen LogP contribution in [0.2, 0.25) is 0 Å². The maximum Gasteiger partial charge on any atom is 0.139 e. The van der Waals surface area contributed by atoms with Crippen molar-refractivity contribution in [3.8, 4) is 0 Å². The molecule has 1 aromatic carbocycles. The number of pyridine rings is 1. The van der Waals surface area contributed by atoms with Crippen molar-refractivity contribution in [1.82, 2.24) is 4.98 Å². The normalized spacial score (nSPS) is 10.5. The number of benzene rings is 1. The molecule has 100 valence electrons. The Kier molecular flexibility index (Phi) is 4.37. The summed E-state index contributed by atoms with van der Waals surface area (Å²) in [5.74, 6) is -0.316. The number of rotatable bonds is 4. The summed E-state index contributed by atoms with van der Waals surface area (Å²) in [4.78, 5) is 6.27. The largest absolute Gasteiger partial charge is 0.397 e. The van der Waals surface area contributed by atoms with Gasteiger partial charge in [0.15, 0.2) is 0 Å². The van der Waals surface area contributed by atoms with Crippen molar-refractivity contribution in [3.05, 3.63) is 52.5 Å². The highest BCUT2D eigenvalue weighted by Crippen LogP contribution is 2.30. The van der Waals surface area contributed by atoms with E-state index in [9.17, 15) is 4.39 Å². The zero-order valence-electron chi connectivity index (χ0n) is 10.6. The van der Waals surface area contributed by atoms with E-state index in [-0.39, 0.29) is 5.82 Å². The minimum Gasteiger partial charge on any atom is -0.397 e. The van der Waals surface area contributed by atoms with E-state index >= 15 is 0 Å². The van der Waals surface area contributed by atoms with Gasteiger partial charge in [-0.25, -0.2) is 4.39 Å². The van der Waals surface area contributed by atoms with Crippen LogP contribution in [0.15, 0.2) is 41.0 Å². The third-order valence-electron chi connectivity index (χ3n) is 2.87. The Morgan fingerprint density at radius 2 is 2.16 bits per heavy atom. The van der Waals surface area contributed by atoms with Crippen molar-refractivity contribution >= 4 is 27.3 Å². The van der Waals surface area contributed by atoms with Gasteiger partial charge in [0.05, 0.1) is 28.1 Å². The van der Waals surface area contributed by atoms with Gasteiger partial charge in [-0.1, -0.05) is 6.07 Å². The third kappa shape index (κ3) is 3.23. The van der Waals surface area contributed by atoms with Crippen molar-refractivity contribution in [2.75, 3.05) is 17.2 Å². The topological polar surface area (TPSA) is 42.2 Å². The average Bonchev–Trinajstić information content (AvgIpc) is 2.42. The van der Waals surface area contributed by atoms with Gasteiger partial charge in [-0.3, -0.25) is 4.98 Å². The number of anilines is 2. The maximum atomic E-state index is 13.6. The molecule has 0 aliphatic heterocycles. The zero-order valence-corrected chi connectivity index (χ0v) is 12.2. The molecule has 2 rings (SSSR count). The molecule has 19 heavy (non-hydrogen) atoms. The maximum absolute atomic E-state index is 13.6. The Balaban J connectivity index is 2.30. The average molecular weight is 324 g/mol. The highest BCUT2D eigenvalue weighted by molar-refractivity contribution is 9.10. The Morgan fingerprint density at radius 1 is 1.37 bits per heavy atom. The molecule has 2 N–H and O–H groups in total. The number of hydrogen-bond acceptors (Lipinski definition) is 3. The quantitative estimate of drug-likeness (QED) is 0.874. The molecule has 1 aromatic heterocycles. The van der Waals surface area contributed by atoms with Crippen LogP contribution in [-0.2, 0) is 6.54 Å². The molecule has 0 atom stereocenters. The zero-order chi connectivity index (χ0) is 13.8. The van der Waals surface area contributed by atoms with E-state index in [1.165, 1.54) is 6.07 Å². The molecule has 0 saturated carbocycles. The minimum absolute atomic E-state index is 0.316. The number of nitrogens with two attached hydrogens (primary N) is 1. The van der Waals surface area contributed by atoms with Crippen LogP contribution in [0.3, 0.4) is 0 Å². The molecule has 0 fully saturated rings.